The van der Waals surface area contributed by atoms with Gasteiger partial charge in [0.15, 0.2) is 0 Å². The normalized spacial score (nSPS) is 11.8. The van der Waals surface area contributed by atoms with Crippen LogP contribution >= 0.6 is 11.8 Å². The van der Waals surface area contributed by atoms with Gasteiger partial charge in [-0.05, 0) is 11.1 Å². The van der Waals surface area contributed by atoms with Gasteiger partial charge in [0.05, 0.1) is 20.6 Å². The summed E-state index contributed by atoms with van der Waals surface area (Å²) in [5.74, 6) is 0.464. The maximum absolute atomic E-state index is 11.3. The van der Waals surface area contributed by atoms with E-state index in [9.17, 15) is 9.59 Å². The fraction of sp³-hybridized carbons (Fsp3) is 0.429. The van der Waals surface area contributed by atoms with Gasteiger partial charge >= 0.3 is 11.9 Å². The lowest BCUT2D eigenvalue weighted by Crippen LogP contribution is -2.33. The Hall–Kier alpha value is -1.53. The third-order valence-corrected chi connectivity index (χ3v) is 3.85. The monoisotopic (exact) mass is 297 g/mol. The van der Waals surface area contributed by atoms with Crippen LogP contribution in [0.4, 0.5) is 0 Å². The second-order valence-electron chi connectivity index (χ2n) is 4.17. The first-order chi connectivity index (χ1) is 9.58. The van der Waals surface area contributed by atoms with Crippen LogP contribution in [0.15, 0.2) is 24.3 Å². The molecule has 0 saturated carbocycles. The largest absolute Gasteiger partial charge is 0.469 e. The molecule has 0 bridgehead atoms. The minimum absolute atomic E-state index is 0.246. The van der Waals surface area contributed by atoms with E-state index in [1.165, 1.54) is 26.0 Å². The standard InChI is InChI=1S/C14H19NO4S/c1-18-13(16)7-10-5-3-4-6-11(10)8-20-9-12(15)14(17)19-2/h3-6,12H,7-9,15H2,1-2H3. The quantitative estimate of drug-likeness (QED) is 0.760. The molecule has 2 N–H and O–H groups in total. The minimum atomic E-state index is -0.627. The summed E-state index contributed by atoms with van der Waals surface area (Å²) in [5, 5.41) is 0. The number of esters is 2. The summed E-state index contributed by atoms with van der Waals surface area (Å²) in [6, 6.07) is 7.02. The van der Waals surface area contributed by atoms with Crippen molar-refractivity contribution >= 4 is 23.7 Å². The first-order valence-electron chi connectivity index (χ1n) is 6.13. The van der Waals surface area contributed by atoms with Crippen molar-refractivity contribution in [3.8, 4) is 0 Å². The van der Waals surface area contributed by atoms with Crippen LogP contribution in [0.25, 0.3) is 0 Å². The molecule has 1 rings (SSSR count). The fourth-order valence-corrected chi connectivity index (χ4v) is 2.62. The number of thioether (sulfide) groups is 1. The Labute approximate surface area is 122 Å². The molecule has 0 fully saturated rings. The number of nitrogens with two attached hydrogens (primary N) is 1. The average Bonchev–Trinajstić information content (AvgIpc) is 2.47. The minimum Gasteiger partial charge on any atom is -0.469 e. The lowest BCUT2D eigenvalue weighted by molar-refractivity contribution is -0.141. The molecule has 6 heteroatoms. The molecule has 0 heterocycles. The van der Waals surface area contributed by atoms with Crippen molar-refractivity contribution < 1.29 is 19.1 Å². The molecule has 110 valence electrons. The summed E-state index contributed by atoms with van der Waals surface area (Å²) in [4.78, 5) is 22.5. The maximum Gasteiger partial charge on any atom is 0.323 e. The smallest absolute Gasteiger partial charge is 0.323 e. The van der Waals surface area contributed by atoms with Crippen LogP contribution < -0.4 is 5.73 Å². The van der Waals surface area contributed by atoms with Gasteiger partial charge in [0.25, 0.3) is 0 Å². The molecular weight excluding hydrogens is 278 g/mol. The summed E-state index contributed by atoms with van der Waals surface area (Å²) < 4.78 is 9.24. The Morgan fingerprint density at radius 3 is 2.45 bits per heavy atom. The third kappa shape index (κ3) is 5.22. The molecule has 0 amide bonds. The molecule has 0 saturated heterocycles. The van der Waals surface area contributed by atoms with Gasteiger partial charge in [-0.3, -0.25) is 9.59 Å². The molecular formula is C14H19NO4S. The number of methoxy groups -OCH3 is 2. The predicted molar refractivity (Wildman–Crippen MR) is 78.3 cm³/mol. The summed E-state index contributed by atoms with van der Waals surface area (Å²) in [6.45, 7) is 0. The van der Waals surface area contributed by atoms with E-state index in [2.05, 4.69) is 9.47 Å². The van der Waals surface area contributed by atoms with Gasteiger partial charge in [0.1, 0.15) is 6.04 Å². The van der Waals surface area contributed by atoms with Crippen LogP contribution in [0.3, 0.4) is 0 Å². The molecule has 0 aliphatic heterocycles. The highest BCUT2D eigenvalue weighted by molar-refractivity contribution is 7.98. The van der Waals surface area contributed by atoms with Gasteiger partial charge in [0.2, 0.25) is 0 Å². The summed E-state index contributed by atoms with van der Waals surface area (Å²) in [6.07, 6.45) is 0.246. The lowest BCUT2D eigenvalue weighted by atomic mass is 10.1. The highest BCUT2D eigenvalue weighted by Crippen LogP contribution is 2.18. The average molecular weight is 297 g/mol. The second kappa shape index (κ2) is 8.60. The zero-order chi connectivity index (χ0) is 15.0. The van der Waals surface area contributed by atoms with Crippen LogP contribution in [0, 0.1) is 0 Å². The number of benzene rings is 1. The van der Waals surface area contributed by atoms with Crippen LogP contribution in [0.5, 0.6) is 0 Å². The summed E-state index contributed by atoms with van der Waals surface area (Å²) in [5.41, 5.74) is 7.63. The molecule has 20 heavy (non-hydrogen) atoms. The van der Waals surface area contributed by atoms with Crippen LogP contribution in [0.1, 0.15) is 11.1 Å². The number of carbonyl (C=O) groups is 2. The molecule has 5 nitrogen and oxygen atoms in total. The van der Waals surface area contributed by atoms with Crippen molar-refractivity contribution in [3.05, 3.63) is 35.4 Å². The highest BCUT2D eigenvalue weighted by atomic mass is 32.2. The maximum atomic E-state index is 11.3. The molecule has 0 aliphatic rings. The number of rotatable bonds is 7. The fourth-order valence-electron chi connectivity index (χ4n) is 1.61. The topological polar surface area (TPSA) is 78.6 Å². The highest BCUT2D eigenvalue weighted by Gasteiger charge is 2.14. The van der Waals surface area contributed by atoms with Gasteiger partial charge in [-0.1, -0.05) is 24.3 Å². The van der Waals surface area contributed by atoms with E-state index >= 15 is 0 Å². The van der Waals surface area contributed by atoms with E-state index in [1.54, 1.807) is 0 Å². The van der Waals surface area contributed by atoms with Crippen molar-refractivity contribution in [2.45, 2.75) is 18.2 Å². The molecule has 0 radical (unpaired) electrons. The second-order valence-corrected chi connectivity index (χ2v) is 5.20. The van der Waals surface area contributed by atoms with Gasteiger partial charge in [-0.15, -0.1) is 0 Å². The Morgan fingerprint density at radius 2 is 1.85 bits per heavy atom. The number of hydrogen-bond donors (Lipinski definition) is 1. The SMILES string of the molecule is COC(=O)Cc1ccccc1CSCC(N)C(=O)OC. The summed E-state index contributed by atoms with van der Waals surface area (Å²) >= 11 is 1.53. The molecule has 0 aliphatic carbocycles. The van der Waals surface area contributed by atoms with Crippen LogP contribution in [-0.4, -0.2) is 38.0 Å². The zero-order valence-corrected chi connectivity index (χ0v) is 12.4. The molecule has 0 spiro atoms. The van der Waals surface area contributed by atoms with E-state index in [4.69, 9.17) is 5.73 Å². The number of carbonyl (C=O) groups excluding carboxylic acids is 2. The van der Waals surface area contributed by atoms with E-state index in [-0.39, 0.29) is 12.4 Å². The van der Waals surface area contributed by atoms with Crippen molar-refractivity contribution in [2.24, 2.45) is 5.73 Å². The van der Waals surface area contributed by atoms with Crippen molar-refractivity contribution in [2.75, 3.05) is 20.0 Å². The molecule has 1 aromatic rings. The van der Waals surface area contributed by atoms with Crippen molar-refractivity contribution in [1.82, 2.24) is 0 Å². The Morgan fingerprint density at radius 1 is 1.20 bits per heavy atom. The summed E-state index contributed by atoms with van der Waals surface area (Å²) in [7, 11) is 2.69. The molecule has 0 aromatic heterocycles. The molecule has 1 aromatic carbocycles. The lowest BCUT2D eigenvalue weighted by Gasteiger charge is -2.11. The predicted octanol–water partition coefficient (Wildman–Crippen LogP) is 1.14. The van der Waals surface area contributed by atoms with Crippen LogP contribution in [0.2, 0.25) is 0 Å². The Balaban J connectivity index is 2.55. The van der Waals surface area contributed by atoms with Crippen molar-refractivity contribution in [3.63, 3.8) is 0 Å². The first-order valence-corrected chi connectivity index (χ1v) is 7.28. The van der Waals surface area contributed by atoms with E-state index in [1.807, 2.05) is 24.3 Å². The Bertz CT molecular complexity index is 464. The van der Waals surface area contributed by atoms with Gasteiger partial charge < -0.3 is 15.2 Å². The van der Waals surface area contributed by atoms with Gasteiger partial charge in [0, 0.05) is 11.5 Å². The number of ether oxygens (including phenoxy) is 2. The van der Waals surface area contributed by atoms with Crippen molar-refractivity contribution in [1.29, 1.82) is 0 Å². The molecule has 1 unspecified atom stereocenters. The van der Waals surface area contributed by atoms with Gasteiger partial charge in [-0.2, -0.15) is 11.8 Å². The zero-order valence-electron chi connectivity index (χ0n) is 11.6. The Kier molecular flexibility index (Phi) is 7.11. The van der Waals surface area contributed by atoms with Crippen LogP contribution in [-0.2, 0) is 31.2 Å². The number of hydrogen-bond acceptors (Lipinski definition) is 6. The van der Waals surface area contributed by atoms with E-state index in [0.717, 1.165) is 11.1 Å². The van der Waals surface area contributed by atoms with E-state index in [0.29, 0.717) is 11.5 Å². The molecule has 1 atom stereocenters. The first kappa shape index (κ1) is 16.5. The third-order valence-electron chi connectivity index (χ3n) is 2.74. The van der Waals surface area contributed by atoms with E-state index < -0.39 is 12.0 Å². The van der Waals surface area contributed by atoms with Gasteiger partial charge in [-0.25, -0.2) is 0 Å².